The monoisotopic (exact) mass is 444 g/mol. The van der Waals surface area contributed by atoms with E-state index in [1.165, 1.54) is 16.3 Å². The number of hydrogen-bond acceptors (Lipinski definition) is 4. The predicted octanol–water partition coefficient (Wildman–Crippen LogP) is 5.15. The van der Waals surface area contributed by atoms with E-state index in [4.69, 9.17) is 32.7 Å². The summed E-state index contributed by atoms with van der Waals surface area (Å²) in [5.41, 5.74) is 2.08. The standard InChI is InChI=1S/C24H26Cl2N2O2/c25-20-7-5-19(23(26)15-20)17-30-24-8-6-18-3-1-2-4-21(18)22(24)16-27-9-10-28-11-13-29-14-12-28/h1-8,15,27H,9-14,16-17H2. The second kappa shape index (κ2) is 10.5. The molecule has 1 aliphatic heterocycles. The van der Waals surface area contributed by atoms with Gasteiger partial charge in [-0.15, -0.1) is 0 Å². The Morgan fingerprint density at radius 2 is 1.83 bits per heavy atom. The lowest BCUT2D eigenvalue weighted by Crippen LogP contribution is -2.40. The summed E-state index contributed by atoms with van der Waals surface area (Å²) in [6.07, 6.45) is 0. The van der Waals surface area contributed by atoms with Gasteiger partial charge in [-0.25, -0.2) is 0 Å². The fraction of sp³-hybridized carbons (Fsp3) is 0.333. The summed E-state index contributed by atoms with van der Waals surface area (Å²) in [5, 5.41) is 7.25. The van der Waals surface area contributed by atoms with Gasteiger partial charge in [-0.3, -0.25) is 4.90 Å². The molecule has 0 aliphatic carbocycles. The van der Waals surface area contributed by atoms with Gasteiger partial charge in [0, 0.05) is 53.9 Å². The van der Waals surface area contributed by atoms with E-state index >= 15 is 0 Å². The number of rotatable bonds is 8. The minimum Gasteiger partial charge on any atom is -0.488 e. The summed E-state index contributed by atoms with van der Waals surface area (Å²) in [5.74, 6) is 0.874. The van der Waals surface area contributed by atoms with Crippen LogP contribution in [0.1, 0.15) is 11.1 Å². The van der Waals surface area contributed by atoms with Gasteiger partial charge >= 0.3 is 0 Å². The number of nitrogens with zero attached hydrogens (tertiary/aromatic N) is 1. The molecule has 0 saturated carbocycles. The van der Waals surface area contributed by atoms with Gasteiger partial charge in [0.25, 0.3) is 0 Å². The molecule has 1 saturated heterocycles. The SMILES string of the molecule is Clc1ccc(COc2ccc3ccccc3c2CNCCN2CCOCC2)c(Cl)c1. The Morgan fingerprint density at radius 3 is 2.67 bits per heavy atom. The molecule has 1 heterocycles. The maximum atomic E-state index is 6.32. The third-order valence-electron chi connectivity index (χ3n) is 5.41. The average Bonchev–Trinajstić information content (AvgIpc) is 2.77. The number of benzene rings is 3. The smallest absolute Gasteiger partial charge is 0.124 e. The molecule has 158 valence electrons. The normalized spacial score (nSPS) is 14.9. The molecule has 0 spiro atoms. The molecule has 3 aromatic rings. The van der Waals surface area contributed by atoms with E-state index < -0.39 is 0 Å². The predicted molar refractivity (Wildman–Crippen MR) is 124 cm³/mol. The van der Waals surface area contributed by atoms with Gasteiger partial charge in [-0.2, -0.15) is 0 Å². The van der Waals surface area contributed by atoms with Crippen molar-refractivity contribution >= 4 is 34.0 Å². The molecule has 4 rings (SSSR count). The molecule has 0 amide bonds. The molecule has 1 aliphatic rings. The van der Waals surface area contributed by atoms with E-state index in [-0.39, 0.29) is 0 Å². The molecule has 4 nitrogen and oxygen atoms in total. The molecule has 0 radical (unpaired) electrons. The van der Waals surface area contributed by atoms with E-state index in [0.29, 0.717) is 16.7 Å². The van der Waals surface area contributed by atoms with Crippen molar-refractivity contribution in [1.29, 1.82) is 0 Å². The lowest BCUT2D eigenvalue weighted by atomic mass is 10.0. The molecular weight excluding hydrogens is 419 g/mol. The van der Waals surface area contributed by atoms with Gasteiger partial charge in [0.1, 0.15) is 12.4 Å². The number of ether oxygens (including phenoxy) is 2. The minimum absolute atomic E-state index is 0.398. The van der Waals surface area contributed by atoms with Crippen molar-refractivity contribution in [2.24, 2.45) is 0 Å². The Kier molecular flexibility index (Phi) is 7.47. The maximum absolute atomic E-state index is 6.32. The van der Waals surface area contributed by atoms with Crippen LogP contribution in [0.3, 0.4) is 0 Å². The van der Waals surface area contributed by atoms with Crippen LogP contribution in [-0.4, -0.2) is 44.3 Å². The highest BCUT2D eigenvalue weighted by molar-refractivity contribution is 6.35. The summed E-state index contributed by atoms with van der Waals surface area (Å²) >= 11 is 12.3. The van der Waals surface area contributed by atoms with Crippen LogP contribution in [0.25, 0.3) is 10.8 Å². The molecule has 6 heteroatoms. The minimum atomic E-state index is 0.398. The van der Waals surface area contributed by atoms with Gasteiger partial charge in [-0.05, 0) is 29.0 Å². The Bertz CT molecular complexity index is 990. The number of nitrogens with one attached hydrogen (secondary N) is 1. The number of halogens is 2. The third kappa shape index (κ3) is 5.45. The molecule has 1 N–H and O–H groups in total. The van der Waals surface area contributed by atoms with Gasteiger partial charge in [0.05, 0.1) is 13.2 Å². The van der Waals surface area contributed by atoms with Crippen molar-refractivity contribution in [3.05, 3.63) is 75.8 Å². The van der Waals surface area contributed by atoms with E-state index in [9.17, 15) is 0 Å². The Hall–Kier alpha value is -1.82. The zero-order chi connectivity index (χ0) is 20.8. The number of fused-ring (bicyclic) bond motifs is 1. The largest absolute Gasteiger partial charge is 0.488 e. The van der Waals surface area contributed by atoms with E-state index in [2.05, 4.69) is 40.5 Å². The van der Waals surface area contributed by atoms with Gasteiger partial charge in [-0.1, -0.05) is 59.6 Å². The summed E-state index contributed by atoms with van der Waals surface area (Å²) in [6.45, 7) is 6.75. The Morgan fingerprint density at radius 1 is 1.00 bits per heavy atom. The maximum Gasteiger partial charge on any atom is 0.124 e. The number of morpholine rings is 1. The highest BCUT2D eigenvalue weighted by Gasteiger charge is 2.12. The van der Waals surface area contributed by atoms with Crippen molar-refractivity contribution in [2.45, 2.75) is 13.2 Å². The molecule has 1 fully saturated rings. The first kappa shape index (κ1) is 21.4. The van der Waals surface area contributed by atoms with E-state index in [1.54, 1.807) is 6.07 Å². The van der Waals surface area contributed by atoms with Crippen LogP contribution in [0.4, 0.5) is 0 Å². The van der Waals surface area contributed by atoms with Crippen LogP contribution >= 0.6 is 23.2 Å². The molecular formula is C24H26Cl2N2O2. The first-order valence-corrected chi connectivity index (χ1v) is 11.0. The van der Waals surface area contributed by atoms with Crippen LogP contribution in [0.2, 0.25) is 10.0 Å². The number of hydrogen-bond donors (Lipinski definition) is 1. The average molecular weight is 445 g/mol. The summed E-state index contributed by atoms with van der Waals surface area (Å²) in [4.78, 5) is 2.43. The second-order valence-electron chi connectivity index (χ2n) is 7.42. The fourth-order valence-electron chi connectivity index (χ4n) is 3.70. The van der Waals surface area contributed by atoms with Crippen molar-refractivity contribution in [2.75, 3.05) is 39.4 Å². The lowest BCUT2D eigenvalue weighted by molar-refractivity contribution is 0.0384. The molecule has 0 bridgehead atoms. The van der Waals surface area contributed by atoms with Crippen molar-refractivity contribution in [3.63, 3.8) is 0 Å². The van der Waals surface area contributed by atoms with Gasteiger partial charge in [0.2, 0.25) is 0 Å². The fourth-order valence-corrected chi connectivity index (χ4v) is 4.17. The van der Waals surface area contributed by atoms with Crippen molar-refractivity contribution in [3.8, 4) is 5.75 Å². The second-order valence-corrected chi connectivity index (χ2v) is 8.26. The van der Waals surface area contributed by atoms with Crippen LogP contribution in [0, 0.1) is 0 Å². The Balaban J connectivity index is 1.46. The van der Waals surface area contributed by atoms with Crippen LogP contribution in [0.5, 0.6) is 5.75 Å². The van der Waals surface area contributed by atoms with Gasteiger partial charge < -0.3 is 14.8 Å². The van der Waals surface area contributed by atoms with Crippen LogP contribution in [0.15, 0.2) is 54.6 Å². The highest BCUT2D eigenvalue weighted by Crippen LogP contribution is 2.30. The topological polar surface area (TPSA) is 33.7 Å². The summed E-state index contributed by atoms with van der Waals surface area (Å²) < 4.78 is 11.6. The Labute approximate surface area is 187 Å². The quantitative estimate of drug-likeness (QED) is 0.487. The molecule has 0 aromatic heterocycles. The molecule has 0 atom stereocenters. The lowest BCUT2D eigenvalue weighted by Gasteiger charge is -2.26. The zero-order valence-corrected chi connectivity index (χ0v) is 18.4. The van der Waals surface area contributed by atoms with E-state index in [0.717, 1.165) is 57.3 Å². The molecule has 3 aromatic carbocycles. The molecule has 30 heavy (non-hydrogen) atoms. The van der Waals surface area contributed by atoms with Crippen molar-refractivity contribution < 1.29 is 9.47 Å². The first-order valence-electron chi connectivity index (χ1n) is 10.3. The first-order chi connectivity index (χ1) is 14.7. The van der Waals surface area contributed by atoms with Crippen LogP contribution < -0.4 is 10.1 Å². The summed E-state index contributed by atoms with van der Waals surface area (Å²) in [7, 11) is 0. The highest BCUT2D eigenvalue weighted by atomic mass is 35.5. The third-order valence-corrected chi connectivity index (χ3v) is 5.99. The van der Waals surface area contributed by atoms with E-state index in [1.807, 2.05) is 18.2 Å². The molecule has 0 unspecified atom stereocenters. The van der Waals surface area contributed by atoms with Crippen molar-refractivity contribution in [1.82, 2.24) is 10.2 Å². The van der Waals surface area contributed by atoms with Gasteiger partial charge in [0.15, 0.2) is 0 Å². The van der Waals surface area contributed by atoms with Crippen LogP contribution in [-0.2, 0) is 17.9 Å². The zero-order valence-electron chi connectivity index (χ0n) is 16.9. The summed E-state index contributed by atoms with van der Waals surface area (Å²) in [6, 6.07) is 18.0.